The van der Waals surface area contributed by atoms with E-state index in [0.29, 0.717) is 16.6 Å². The number of nitrogens with zero attached hydrogens (tertiary/aromatic N) is 1. The average Bonchev–Trinajstić information content (AvgIpc) is 2.39. The lowest BCUT2D eigenvalue weighted by atomic mass is 10.1. The van der Waals surface area contributed by atoms with Crippen LogP contribution in [0, 0.1) is 0 Å². The molecule has 0 saturated carbocycles. The number of halogens is 3. The Morgan fingerprint density at radius 3 is 2.68 bits per heavy atom. The van der Waals surface area contributed by atoms with E-state index >= 15 is 0 Å². The molecule has 1 heterocycles. The number of rotatable bonds is 4. The molecule has 2 aromatic rings. The van der Waals surface area contributed by atoms with E-state index < -0.39 is 0 Å². The van der Waals surface area contributed by atoms with Crippen LogP contribution in [0.3, 0.4) is 0 Å². The molecular formula is C14H13BrCl2N2. The number of hydrogen-bond donors (Lipinski definition) is 1. The van der Waals surface area contributed by atoms with E-state index in [4.69, 9.17) is 23.2 Å². The molecule has 1 unspecified atom stereocenters. The van der Waals surface area contributed by atoms with Crippen molar-refractivity contribution < 1.29 is 0 Å². The summed E-state index contributed by atoms with van der Waals surface area (Å²) in [7, 11) is 0. The molecule has 1 aromatic carbocycles. The Morgan fingerprint density at radius 2 is 2.00 bits per heavy atom. The first-order valence-electron chi connectivity index (χ1n) is 5.86. The standard InChI is InChI=1S/C14H13BrCl2N2/c1-9(10-5-6-12(16)13(17)7-10)18-8-11-3-2-4-14(15)19-11/h2-7,9,18H,8H2,1H3. The van der Waals surface area contributed by atoms with Crippen molar-refractivity contribution in [3.8, 4) is 0 Å². The van der Waals surface area contributed by atoms with Crippen LogP contribution in [0.25, 0.3) is 0 Å². The highest BCUT2D eigenvalue weighted by molar-refractivity contribution is 9.10. The molecule has 0 aliphatic carbocycles. The van der Waals surface area contributed by atoms with Gasteiger partial charge in [-0.3, -0.25) is 0 Å². The highest BCUT2D eigenvalue weighted by atomic mass is 79.9. The molecule has 2 rings (SSSR count). The quantitative estimate of drug-likeness (QED) is 0.777. The molecule has 19 heavy (non-hydrogen) atoms. The fourth-order valence-electron chi connectivity index (χ4n) is 1.71. The molecule has 2 nitrogen and oxygen atoms in total. The zero-order valence-corrected chi connectivity index (χ0v) is 13.4. The third-order valence-electron chi connectivity index (χ3n) is 2.81. The Morgan fingerprint density at radius 1 is 1.21 bits per heavy atom. The van der Waals surface area contributed by atoms with Gasteiger partial charge in [-0.1, -0.05) is 35.3 Å². The van der Waals surface area contributed by atoms with Crippen LogP contribution in [0.1, 0.15) is 24.2 Å². The molecule has 0 aliphatic heterocycles. The van der Waals surface area contributed by atoms with Crippen molar-refractivity contribution in [2.75, 3.05) is 0 Å². The van der Waals surface area contributed by atoms with Crippen LogP contribution < -0.4 is 5.32 Å². The van der Waals surface area contributed by atoms with E-state index in [9.17, 15) is 0 Å². The van der Waals surface area contributed by atoms with Gasteiger partial charge in [0, 0.05) is 12.6 Å². The summed E-state index contributed by atoms with van der Waals surface area (Å²) in [6.07, 6.45) is 0. The Balaban J connectivity index is 2.01. The van der Waals surface area contributed by atoms with Crippen LogP contribution in [0.15, 0.2) is 41.0 Å². The fourth-order valence-corrected chi connectivity index (χ4v) is 2.39. The molecule has 0 radical (unpaired) electrons. The smallest absolute Gasteiger partial charge is 0.106 e. The van der Waals surface area contributed by atoms with E-state index in [0.717, 1.165) is 15.9 Å². The van der Waals surface area contributed by atoms with Gasteiger partial charge in [-0.2, -0.15) is 0 Å². The second kappa shape index (κ2) is 6.71. The van der Waals surface area contributed by atoms with Gasteiger partial charge < -0.3 is 5.32 Å². The predicted octanol–water partition coefficient (Wildman–Crippen LogP) is 5.00. The molecular weight excluding hydrogens is 347 g/mol. The number of hydrogen-bond acceptors (Lipinski definition) is 2. The van der Waals surface area contributed by atoms with Crippen molar-refractivity contribution in [2.45, 2.75) is 19.5 Å². The summed E-state index contributed by atoms with van der Waals surface area (Å²) in [6, 6.07) is 11.7. The number of pyridine rings is 1. The highest BCUT2D eigenvalue weighted by Crippen LogP contribution is 2.25. The molecule has 0 fully saturated rings. The lowest BCUT2D eigenvalue weighted by Gasteiger charge is -2.14. The van der Waals surface area contributed by atoms with Gasteiger partial charge in [0.25, 0.3) is 0 Å². The molecule has 100 valence electrons. The first-order chi connectivity index (χ1) is 9.06. The summed E-state index contributed by atoms with van der Waals surface area (Å²) in [4.78, 5) is 4.38. The van der Waals surface area contributed by atoms with Crippen LogP contribution >= 0.6 is 39.1 Å². The van der Waals surface area contributed by atoms with E-state index in [2.05, 4.69) is 33.2 Å². The summed E-state index contributed by atoms with van der Waals surface area (Å²) in [5, 5.41) is 4.56. The SMILES string of the molecule is CC(NCc1cccc(Br)n1)c1ccc(Cl)c(Cl)c1. The number of nitrogens with one attached hydrogen (secondary N) is 1. The second-order valence-corrected chi connectivity index (χ2v) is 5.85. The minimum absolute atomic E-state index is 0.176. The summed E-state index contributed by atoms with van der Waals surface area (Å²) in [5.74, 6) is 0. The minimum Gasteiger partial charge on any atom is -0.305 e. The van der Waals surface area contributed by atoms with Gasteiger partial charge in [-0.15, -0.1) is 0 Å². The van der Waals surface area contributed by atoms with E-state index in [1.54, 1.807) is 0 Å². The zero-order valence-electron chi connectivity index (χ0n) is 10.3. The van der Waals surface area contributed by atoms with Gasteiger partial charge in [-0.05, 0) is 52.7 Å². The molecule has 1 atom stereocenters. The van der Waals surface area contributed by atoms with Crippen molar-refractivity contribution in [2.24, 2.45) is 0 Å². The molecule has 0 saturated heterocycles. The van der Waals surface area contributed by atoms with Crippen LogP contribution in [0.2, 0.25) is 10.0 Å². The first kappa shape index (κ1) is 14.8. The van der Waals surface area contributed by atoms with Crippen molar-refractivity contribution in [3.05, 3.63) is 62.3 Å². The van der Waals surface area contributed by atoms with Crippen LogP contribution in [0.5, 0.6) is 0 Å². The monoisotopic (exact) mass is 358 g/mol. The summed E-state index contributed by atoms with van der Waals surface area (Å²) in [5.41, 5.74) is 2.09. The normalized spacial score (nSPS) is 12.4. The van der Waals surface area contributed by atoms with Crippen molar-refractivity contribution >= 4 is 39.1 Å². The maximum atomic E-state index is 6.02. The topological polar surface area (TPSA) is 24.9 Å². The van der Waals surface area contributed by atoms with E-state index in [-0.39, 0.29) is 6.04 Å². The van der Waals surface area contributed by atoms with Crippen LogP contribution in [-0.4, -0.2) is 4.98 Å². The van der Waals surface area contributed by atoms with Crippen molar-refractivity contribution in [1.29, 1.82) is 0 Å². The Hall–Kier alpha value is -0.610. The number of benzene rings is 1. The molecule has 0 aliphatic rings. The Bertz CT molecular complexity index is 575. The third-order valence-corrected chi connectivity index (χ3v) is 3.99. The third kappa shape index (κ3) is 4.18. The van der Waals surface area contributed by atoms with Crippen LogP contribution in [0.4, 0.5) is 0 Å². The predicted molar refractivity (Wildman–Crippen MR) is 83.7 cm³/mol. The lowest BCUT2D eigenvalue weighted by molar-refractivity contribution is 0.567. The fraction of sp³-hybridized carbons (Fsp3) is 0.214. The molecule has 1 aromatic heterocycles. The van der Waals surface area contributed by atoms with Gasteiger partial charge in [-0.25, -0.2) is 4.98 Å². The first-order valence-corrected chi connectivity index (χ1v) is 7.41. The Kier molecular flexibility index (Phi) is 5.22. The van der Waals surface area contributed by atoms with E-state index in [1.807, 2.05) is 36.4 Å². The zero-order chi connectivity index (χ0) is 13.8. The summed E-state index contributed by atoms with van der Waals surface area (Å²) < 4.78 is 0.842. The molecule has 0 amide bonds. The maximum absolute atomic E-state index is 6.02. The van der Waals surface area contributed by atoms with Crippen LogP contribution in [-0.2, 0) is 6.54 Å². The van der Waals surface area contributed by atoms with Gasteiger partial charge in [0.1, 0.15) is 4.60 Å². The van der Waals surface area contributed by atoms with Gasteiger partial charge in [0.15, 0.2) is 0 Å². The maximum Gasteiger partial charge on any atom is 0.106 e. The summed E-state index contributed by atoms with van der Waals surface area (Å²) in [6.45, 7) is 2.78. The lowest BCUT2D eigenvalue weighted by Crippen LogP contribution is -2.18. The second-order valence-electron chi connectivity index (χ2n) is 4.23. The molecule has 1 N–H and O–H groups in total. The molecule has 0 bridgehead atoms. The molecule has 0 spiro atoms. The van der Waals surface area contributed by atoms with Crippen molar-refractivity contribution in [3.63, 3.8) is 0 Å². The minimum atomic E-state index is 0.176. The van der Waals surface area contributed by atoms with Gasteiger partial charge in [0.2, 0.25) is 0 Å². The Labute approximate surface area is 131 Å². The average molecular weight is 360 g/mol. The largest absolute Gasteiger partial charge is 0.305 e. The van der Waals surface area contributed by atoms with Gasteiger partial charge in [0.05, 0.1) is 15.7 Å². The van der Waals surface area contributed by atoms with Crippen molar-refractivity contribution in [1.82, 2.24) is 10.3 Å². The summed E-state index contributed by atoms with van der Waals surface area (Å²) >= 11 is 15.3. The molecule has 5 heteroatoms. The van der Waals surface area contributed by atoms with Gasteiger partial charge >= 0.3 is 0 Å². The highest BCUT2D eigenvalue weighted by Gasteiger charge is 2.07. The number of aromatic nitrogens is 1. The van der Waals surface area contributed by atoms with E-state index in [1.165, 1.54) is 0 Å².